The molecule has 0 aliphatic heterocycles. The summed E-state index contributed by atoms with van der Waals surface area (Å²) in [5.41, 5.74) is 17.0. The second-order valence-electron chi connectivity index (χ2n) is 17.4. The smallest absolute Gasteiger partial charge is 0.0973 e. The highest BCUT2D eigenvalue weighted by molar-refractivity contribution is 6.13. The van der Waals surface area contributed by atoms with E-state index in [1.54, 1.807) is 0 Å². The van der Waals surface area contributed by atoms with Gasteiger partial charge in [0, 0.05) is 44.6 Å². The molecule has 0 saturated carbocycles. The fraction of sp³-hybridized carbons (Fsp3) is 0. The number of hydrogen-bond acceptors (Lipinski definition) is 3. The lowest BCUT2D eigenvalue weighted by Crippen LogP contribution is -2.10. The Morgan fingerprint density at radius 3 is 1.25 bits per heavy atom. The number of anilines is 3. The summed E-state index contributed by atoms with van der Waals surface area (Å²) in [6, 6.07) is 91.2. The van der Waals surface area contributed by atoms with Crippen molar-refractivity contribution in [2.75, 3.05) is 4.90 Å². The predicted octanol–water partition coefficient (Wildman–Crippen LogP) is 17.2. The second kappa shape index (κ2) is 16.4. The minimum atomic E-state index is 0.858. The minimum absolute atomic E-state index is 0.858. The standard InChI is InChI=1S/C64H42N4/c1-3-17-45(18-4-1)63-64(66-60-28-12-11-27-59(60)65-63)46-29-33-50(34-30-46)67(49-21-5-2-6-22-49)51-35-37-52(38-36-51)68-61-39-31-47(55-25-13-19-43-15-7-9-23-53(43)55)41-57(61)58-42-48(32-40-62(58)68)56-26-14-20-44-16-8-10-24-54(44)56/h1-42H. The van der Waals surface area contributed by atoms with Gasteiger partial charge in [0.15, 0.2) is 0 Å². The third kappa shape index (κ3) is 6.78. The molecule has 0 radical (unpaired) electrons. The molecule has 0 N–H and O–H groups in total. The van der Waals surface area contributed by atoms with Crippen LogP contribution in [0.15, 0.2) is 255 Å². The Hall–Kier alpha value is -9.12. The third-order valence-electron chi connectivity index (χ3n) is 13.4. The highest BCUT2D eigenvalue weighted by Crippen LogP contribution is 2.42. The number of nitrogens with zero attached hydrogens (tertiary/aromatic N) is 4. The number of para-hydroxylation sites is 3. The maximum Gasteiger partial charge on any atom is 0.0973 e. The summed E-state index contributed by atoms with van der Waals surface area (Å²) < 4.78 is 2.42. The number of benzene rings is 11. The first-order valence-electron chi connectivity index (χ1n) is 23.1. The molecule has 4 nitrogen and oxygen atoms in total. The Balaban J connectivity index is 0.930. The van der Waals surface area contributed by atoms with Crippen molar-refractivity contribution in [3.63, 3.8) is 0 Å². The molecule has 0 bridgehead atoms. The highest BCUT2D eigenvalue weighted by atomic mass is 15.1. The molecular weight excluding hydrogens is 825 g/mol. The minimum Gasteiger partial charge on any atom is -0.311 e. The first-order valence-corrected chi connectivity index (χ1v) is 23.1. The van der Waals surface area contributed by atoms with Crippen molar-refractivity contribution >= 4 is 71.4 Å². The maximum atomic E-state index is 5.18. The number of aromatic nitrogens is 3. The second-order valence-corrected chi connectivity index (χ2v) is 17.4. The molecule has 0 aliphatic carbocycles. The molecule has 0 amide bonds. The average Bonchev–Trinajstić information content (AvgIpc) is 3.74. The molecule has 0 saturated heterocycles. The van der Waals surface area contributed by atoms with Crippen LogP contribution in [0.1, 0.15) is 0 Å². The van der Waals surface area contributed by atoms with Crippen LogP contribution in [-0.4, -0.2) is 14.5 Å². The normalized spacial score (nSPS) is 11.5. The van der Waals surface area contributed by atoms with Gasteiger partial charge >= 0.3 is 0 Å². The summed E-state index contributed by atoms with van der Waals surface area (Å²) in [6.07, 6.45) is 0. The number of fused-ring (bicyclic) bond motifs is 6. The largest absolute Gasteiger partial charge is 0.311 e. The Labute approximate surface area is 394 Å². The zero-order valence-corrected chi connectivity index (χ0v) is 37.0. The van der Waals surface area contributed by atoms with Crippen LogP contribution < -0.4 is 4.90 Å². The molecule has 2 aromatic heterocycles. The van der Waals surface area contributed by atoms with Crippen LogP contribution in [-0.2, 0) is 0 Å². The number of hydrogen-bond donors (Lipinski definition) is 0. The van der Waals surface area contributed by atoms with Crippen molar-refractivity contribution in [2.45, 2.75) is 0 Å². The van der Waals surface area contributed by atoms with Crippen LogP contribution >= 0.6 is 0 Å². The predicted molar refractivity (Wildman–Crippen MR) is 285 cm³/mol. The fourth-order valence-electron chi connectivity index (χ4n) is 10.1. The van der Waals surface area contributed by atoms with E-state index < -0.39 is 0 Å². The molecular formula is C64H42N4. The lowest BCUT2D eigenvalue weighted by Gasteiger charge is -2.26. The third-order valence-corrected chi connectivity index (χ3v) is 13.4. The van der Waals surface area contributed by atoms with Gasteiger partial charge in [-0.3, -0.25) is 0 Å². The fourth-order valence-corrected chi connectivity index (χ4v) is 10.1. The van der Waals surface area contributed by atoms with Gasteiger partial charge in [-0.05, 0) is 129 Å². The van der Waals surface area contributed by atoms with E-state index in [0.717, 1.165) is 67.3 Å². The monoisotopic (exact) mass is 866 g/mol. The van der Waals surface area contributed by atoms with Crippen molar-refractivity contribution in [2.24, 2.45) is 0 Å². The van der Waals surface area contributed by atoms with Gasteiger partial charge in [0.05, 0.1) is 33.5 Å². The van der Waals surface area contributed by atoms with E-state index in [1.807, 2.05) is 30.3 Å². The van der Waals surface area contributed by atoms with Crippen LogP contribution in [0.5, 0.6) is 0 Å². The molecule has 318 valence electrons. The Kier molecular flexibility index (Phi) is 9.47. The quantitative estimate of drug-likeness (QED) is 0.153. The first kappa shape index (κ1) is 39.3. The Bertz CT molecular complexity index is 3860. The van der Waals surface area contributed by atoms with E-state index in [-0.39, 0.29) is 0 Å². The van der Waals surface area contributed by atoms with Crippen LogP contribution in [0.2, 0.25) is 0 Å². The van der Waals surface area contributed by atoms with Crippen LogP contribution in [0, 0.1) is 0 Å². The molecule has 0 aliphatic rings. The van der Waals surface area contributed by atoms with Crippen molar-refractivity contribution in [1.29, 1.82) is 0 Å². The molecule has 13 aromatic rings. The zero-order valence-electron chi connectivity index (χ0n) is 37.0. The van der Waals surface area contributed by atoms with E-state index in [9.17, 15) is 0 Å². The van der Waals surface area contributed by atoms with Gasteiger partial charge in [-0.15, -0.1) is 0 Å². The lowest BCUT2D eigenvalue weighted by atomic mass is 9.95. The highest BCUT2D eigenvalue weighted by Gasteiger charge is 2.19. The Morgan fingerprint density at radius 1 is 0.294 bits per heavy atom. The summed E-state index contributed by atoms with van der Waals surface area (Å²) in [5.74, 6) is 0. The van der Waals surface area contributed by atoms with Gasteiger partial charge in [-0.2, -0.15) is 0 Å². The molecule has 4 heteroatoms. The van der Waals surface area contributed by atoms with Crippen molar-refractivity contribution < 1.29 is 0 Å². The van der Waals surface area contributed by atoms with Crippen molar-refractivity contribution in [3.05, 3.63) is 255 Å². The lowest BCUT2D eigenvalue weighted by molar-refractivity contribution is 1.17. The SMILES string of the molecule is c1ccc(-c2nc3ccccc3nc2-c2ccc(N(c3ccccc3)c3ccc(-n4c5ccc(-c6cccc7ccccc67)cc5c5cc(-c6cccc7ccccc67)ccc54)cc3)cc2)cc1. The zero-order chi connectivity index (χ0) is 45.0. The van der Waals surface area contributed by atoms with E-state index in [4.69, 9.17) is 9.97 Å². The molecule has 0 spiro atoms. The topological polar surface area (TPSA) is 34.0 Å². The maximum absolute atomic E-state index is 5.18. The first-order chi connectivity index (χ1) is 33.7. The Morgan fingerprint density at radius 2 is 0.706 bits per heavy atom. The van der Waals surface area contributed by atoms with Gasteiger partial charge in [0.1, 0.15) is 0 Å². The summed E-state index contributed by atoms with van der Waals surface area (Å²) in [4.78, 5) is 12.6. The van der Waals surface area contributed by atoms with E-state index in [2.05, 4.69) is 234 Å². The van der Waals surface area contributed by atoms with Crippen LogP contribution in [0.4, 0.5) is 17.1 Å². The van der Waals surface area contributed by atoms with E-state index in [1.165, 1.54) is 54.6 Å². The molecule has 13 rings (SSSR count). The molecule has 11 aromatic carbocycles. The summed E-state index contributed by atoms with van der Waals surface area (Å²) in [7, 11) is 0. The van der Waals surface area contributed by atoms with Crippen molar-refractivity contribution in [3.8, 4) is 50.5 Å². The molecule has 2 heterocycles. The van der Waals surface area contributed by atoms with Crippen LogP contribution in [0.25, 0.3) is 105 Å². The van der Waals surface area contributed by atoms with Gasteiger partial charge in [0.2, 0.25) is 0 Å². The van der Waals surface area contributed by atoms with Crippen LogP contribution in [0.3, 0.4) is 0 Å². The molecule has 0 fully saturated rings. The summed E-state index contributed by atoms with van der Waals surface area (Å²) >= 11 is 0. The van der Waals surface area contributed by atoms with Gasteiger partial charge < -0.3 is 9.47 Å². The summed E-state index contributed by atoms with van der Waals surface area (Å²) in [6.45, 7) is 0. The molecule has 0 unspecified atom stereocenters. The van der Waals surface area contributed by atoms with E-state index in [0.29, 0.717) is 0 Å². The van der Waals surface area contributed by atoms with Gasteiger partial charge in [0.25, 0.3) is 0 Å². The average molecular weight is 867 g/mol. The molecule has 68 heavy (non-hydrogen) atoms. The van der Waals surface area contributed by atoms with Crippen molar-refractivity contribution in [1.82, 2.24) is 14.5 Å². The summed E-state index contributed by atoms with van der Waals surface area (Å²) in [5, 5.41) is 7.41. The van der Waals surface area contributed by atoms with Gasteiger partial charge in [-0.1, -0.05) is 170 Å². The molecule has 0 atom stereocenters. The van der Waals surface area contributed by atoms with Gasteiger partial charge in [-0.25, -0.2) is 9.97 Å². The van der Waals surface area contributed by atoms with E-state index >= 15 is 0 Å². The number of rotatable bonds is 8.